The molecule has 0 aliphatic carbocycles. The lowest BCUT2D eigenvalue weighted by Crippen LogP contribution is -2.37. The zero-order valence-corrected chi connectivity index (χ0v) is 54.8. The highest BCUT2D eigenvalue weighted by Crippen LogP contribution is 2.43. The molecule has 10 heteroatoms. The van der Waals surface area contributed by atoms with E-state index in [9.17, 15) is 19.0 Å². The van der Waals surface area contributed by atoms with Crippen LogP contribution in [-0.2, 0) is 32.7 Å². The molecule has 0 amide bonds. The van der Waals surface area contributed by atoms with Crippen LogP contribution in [0.4, 0.5) is 0 Å². The molecular formula is C72H129NO8P+. The molecule has 9 nitrogen and oxygen atoms in total. The second-order valence-corrected chi connectivity index (χ2v) is 25.3. The summed E-state index contributed by atoms with van der Waals surface area (Å²) in [5.74, 6) is -0.801. The summed E-state index contributed by atoms with van der Waals surface area (Å²) in [6, 6.07) is 0. The number of allylic oxidation sites excluding steroid dienone is 16. The molecule has 2 unspecified atom stereocenters. The summed E-state index contributed by atoms with van der Waals surface area (Å²) >= 11 is 0. The van der Waals surface area contributed by atoms with Gasteiger partial charge in [-0.3, -0.25) is 18.6 Å². The molecule has 474 valence electrons. The van der Waals surface area contributed by atoms with Gasteiger partial charge >= 0.3 is 19.8 Å². The normalized spacial score (nSPS) is 13.8. The molecule has 0 bridgehead atoms. The Balaban J connectivity index is 4.08. The van der Waals surface area contributed by atoms with Crippen LogP contribution in [0.1, 0.15) is 296 Å². The molecule has 0 aliphatic rings. The molecular weight excluding hydrogens is 1040 g/mol. The lowest BCUT2D eigenvalue weighted by Gasteiger charge is -2.24. The first kappa shape index (κ1) is 78.9. The summed E-state index contributed by atoms with van der Waals surface area (Å²) in [4.78, 5) is 35.9. The van der Waals surface area contributed by atoms with Crippen LogP contribution < -0.4 is 0 Å². The summed E-state index contributed by atoms with van der Waals surface area (Å²) in [6.45, 7) is 4.32. The van der Waals surface area contributed by atoms with Crippen LogP contribution >= 0.6 is 7.82 Å². The zero-order valence-electron chi connectivity index (χ0n) is 54.0. The monoisotopic (exact) mass is 1170 g/mol. The van der Waals surface area contributed by atoms with E-state index >= 15 is 0 Å². The van der Waals surface area contributed by atoms with Crippen molar-refractivity contribution in [3.05, 3.63) is 97.2 Å². The fourth-order valence-electron chi connectivity index (χ4n) is 9.40. The number of rotatable bonds is 62. The van der Waals surface area contributed by atoms with E-state index in [1.807, 2.05) is 21.1 Å². The van der Waals surface area contributed by atoms with Crippen molar-refractivity contribution in [2.45, 2.75) is 302 Å². The molecule has 0 aliphatic heterocycles. The number of nitrogens with zero attached hydrogens (tertiary/aromatic N) is 1. The van der Waals surface area contributed by atoms with Gasteiger partial charge in [0.15, 0.2) is 6.10 Å². The van der Waals surface area contributed by atoms with Gasteiger partial charge < -0.3 is 18.9 Å². The summed E-state index contributed by atoms with van der Waals surface area (Å²) in [7, 11) is 1.47. The molecule has 0 radical (unpaired) electrons. The molecule has 0 aromatic carbocycles. The number of hydrogen-bond acceptors (Lipinski definition) is 7. The SMILES string of the molecule is CC/C=C\C/C=C\C/C=C\C/C=C\C/C=C\C/C=C\CCCCCCCCCCC(=O)OC(COC(=O)CCCCCCCCCCCCCCCCCCCCC/C=C\C/C=C\CCCCCCC)COP(=O)(O)OCC[N+](C)(C)C. The van der Waals surface area contributed by atoms with Crippen molar-refractivity contribution in [1.29, 1.82) is 0 Å². The molecule has 0 saturated carbocycles. The van der Waals surface area contributed by atoms with E-state index in [4.69, 9.17) is 18.5 Å². The Bertz CT molecular complexity index is 1710. The first-order valence-corrected chi connectivity index (χ1v) is 35.5. The third kappa shape index (κ3) is 66.1. The third-order valence-corrected chi connectivity index (χ3v) is 15.6. The Labute approximate surface area is 506 Å². The summed E-state index contributed by atoms with van der Waals surface area (Å²) < 4.78 is 34.7. The maximum atomic E-state index is 12.9. The molecule has 2 atom stereocenters. The van der Waals surface area contributed by atoms with Gasteiger partial charge in [-0.2, -0.15) is 0 Å². The molecule has 0 fully saturated rings. The van der Waals surface area contributed by atoms with Gasteiger partial charge in [0.25, 0.3) is 0 Å². The van der Waals surface area contributed by atoms with E-state index in [2.05, 4.69) is 111 Å². The second-order valence-electron chi connectivity index (χ2n) is 23.8. The predicted octanol–water partition coefficient (Wildman–Crippen LogP) is 21.9. The lowest BCUT2D eigenvalue weighted by molar-refractivity contribution is -0.870. The van der Waals surface area contributed by atoms with E-state index < -0.39 is 26.5 Å². The molecule has 1 N–H and O–H groups in total. The van der Waals surface area contributed by atoms with Crippen molar-refractivity contribution < 1.29 is 42.1 Å². The zero-order chi connectivity index (χ0) is 59.8. The van der Waals surface area contributed by atoms with Gasteiger partial charge in [0.05, 0.1) is 27.7 Å². The van der Waals surface area contributed by atoms with E-state index in [-0.39, 0.29) is 32.0 Å². The highest BCUT2D eigenvalue weighted by molar-refractivity contribution is 7.47. The number of unbranched alkanes of at least 4 members (excludes halogenated alkanes) is 32. The number of hydrogen-bond donors (Lipinski definition) is 1. The van der Waals surface area contributed by atoms with Crippen LogP contribution in [0.3, 0.4) is 0 Å². The number of quaternary nitrogens is 1. The van der Waals surface area contributed by atoms with Crippen LogP contribution in [0.25, 0.3) is 0 Å². The van der Waals surface area contributed by atoms with Crippen molar-refractivity contribution in [2.24, 2.45) is 0 Å². The second kappa shape index (κ2) is 62.5. The first-order chi connectivity index (χ1) is 40.0. The van der Waals surface area contributed by atoms with Crippen LogP contribution in [0.2, 0.25) is 0 Å². The van der Waals surface area contributed by atoms with Crippen molar-refractivity contribution in [1.82, 2.24) is 0 Å². The maximum absolute atomic E-state index is 12.9. The summed E-state index contributed by atoms with van der Waals surface area (Å²) in [5.41, 5.74) is 0. The molecule has 82 heavy (non-hydrogen) atoms. The van der Waals surface area contributed by atoms with Crippen LogP contribution in [0.15, 0.2) is 97.2 Å². The number of likely N-dealkylation sites (N-methyl/N-ethyl adjacent to an activating group) is 1. The van der Waals surface area contributed by atoms with Crippen LogP contribution in [-0.4, -0.2) is 74.9 Å². The number of phosphoric ester groups is 1. The summed E-state index contributed by atoms with van der Waals surface area (Å²) in [6.07, 6.45) is 86.4. The van der Waals surface area contributed by atoms with Crippen LogP contribution in [0, 0.1) is 0 Å². The van der Waals surface area contributed by atoms with Gasteiger partial charge in [-0.15, -0.1) is 0 Å². The van der Waals surface area contributed by atoms with E-state index in [1.165, 1.54) is 173 Å². The minimum atomic E-state index is -4.40. The van der Waals surface area contributed by atoms with Gasteiger partial charge in [0, 0.05) is 12.8 Å². The maximum Gasteiger partial charge on any atom is 0.472 e. The number of carbonyl (C=O) groups is 2. The molecule has 0 saturated heterocycles. The Hall–Kier alpha value is -3.07. The third-order valence-electron chi connectivity index (χ3n) is 14.6. The predicted molar refractivity (Wildman–Crippen MR) is 353 cm³/mol. The molecule has 0 aromatic heterocycles. The minimum Gasteiger partial charge on any atom is -0.462 e. The number of phosphoric acid groups is 1. The van der Waals surface area contributed by atoms with Crippen molar-refractivity contribution in [3.8, 4) is 0 Å². The summed E-state index contributed by atoms with van der Waals surface area (Å²) in [5, 5.41) is 0. The van der Waals surface area contributed by atoms with Gasteiger partial charge in [0.1, 0.15) is 19.8 Å². The van der Waals surface area contributed by atoms with E-state index in [0.717, 1.165) is 89.9 Å². The Morgan fingerprint density at radius 2 is 0.695 bits per heavy atom. The lowest BCUT2D eigenvalue weighted by atomic mass is 10.0. The number of carbonyl (C=O) groups excluding carboxylic acids is 2. The molecule has 0 spiro atoms. The molecule has 0 aromatic rings. The standard InChI is InChI=1S/C72H128NO8P/c1-6-8-10-12-14-16-18-20-22-24-26-28-30-32-34-35-36-37-39-40-42-44-46-48-50-52-54-56-58-60-62-64-71(74)78-68-70(69-80-82(76,77)79-67-66-73(3,4)5)81-72(75)65-63-61-59-57-55-53-51-49-47-45-43-41-38-33-31-29-27-25-23-21-19-17-15-13-11-9-7-2/h9,11,15,17-18,20-21,23-24,26-27,29,33,38,43,45,70H,6-8,10,12-14,16,19,22,25,28,30-32,34-37,39-42,44,46-69H2,1-5H3/p+1/b11-9-,17-15-,20-18-,23-21-,26-24-,29-27-,38-33-,45-43-. The van der Waals surface area contributed by atoms with Gasteiger partial charge in [-0.1, -0.05) is 284 Å². The molecule has 0 heterocycles. The largest absolute Gasteiger partial charge is 0.472 e. The highest BCUT2D eigenvalue weighted by atomic mass is 31.2. The fraction of sp³-hybridized carbons (Fsp3) is 0.750. The average Bonchev–Trinajstić information content (AvgIpc) is 3.46. The Kier molecular flexibility index (Phi) is 60.1. The number of ether oxygens (including phenoxy) is 2. The van der Waals surface area contributed by atoms with Gasteiger partial charge in [-0.25, -0.2) is 4.57 Å². The van der Waals surface area contributed by atoms with Crippen molar-refractivity contribution in [3.63, 3.8) is 0 Å². The number of esters is 2. The van der Waals surface area contributed by atoms with Crippen LogP contribution in [0.5, 0.6) is 0 Å². The van der Waals surface area contributed by atoms with Crippen molar-refractivity contribution >= 4 is 19.8 Å². The smallest absolute Gasteiger partial charge is 0.462 e. The Morgan fingerprint density at radius 3 is 1.04 bits per heavy atom. The van der Waals surface area contributed by atoms with Crippen molar-refractivity contribution in [2.75, 3.05) is 47.5 Å². The van der Waals surface area contributed by atoms with E-state index in [1.54, 1.807) is 0 Å². The first-order valence-electron chi connectivity index (χ1n) is 34.0. The average molecular weight is 1170 g/mol. The topological polar surface area (TPSA) is 108 Å². The Morgan fingerprint density at radius 1 is 0.390 bits per heavy atom. The highest BCUT2D eigenvalue weighted by Gasteiger charge is 2.27. The van der Waals surface area contributed by atoms with Gasteiger partial charge in [-0.05, 0) is 96.3 Å². The minimum absolute atomic E-state index is 0.0267. The van der Waals surface area contributed by atoms with E-state index in [0.29, 0.717) is 17.4 Å². The molecule has 0 rings (SSSR count). The fourth-order valence-corrected chi connectivity index (χ4v) is 10.1. The quantitative estimate of drug-likeness (QED) is 0.0211. The van der Waals surface area contributed by atoms with Gasteiger partial charge in [0.2, 0.25) is 0 Å².